The first kappa shape index (κ1) is 19.5. The molecule has 0 fully saturated rings. The second kappa shape index (κ2) is 8.29. The fourth-order valence-corrected chi connectivity index (χ4v) is 4.01. The van der Waals surface area contributed by atoms with Gasteiger partial charge in [0, 0.05) is 30.6 Å². The van der Waals surface area contributed by atoms with Crippen molar-refractivity contribution >= 4 is 10.9 Å². The van der Waals surface area contributed by atoms with Crippen molar-refractivity contribution in [1.29, 1.82) is 0 Å². The van der Waals surface area contributed by atoms with Crippen LogP contribution in [0.3, 0.4) is 0 Å². The molecule has 1 aromatic heterocycles. The minimum atomic E-state index is 0.644. The van der Waals surface area contributed by atoms with Crippen LogP contribution in [0.2, 0.25) is 0 Å². The molecule has 29 heavy (non-hydrogen) atoms. The number of ether oxygens (including phenoxy) is 3. The van der Waals surface area contributed by atoms with Crippen molar-refractivity contribution in [2.75, 3.05) is 33.9 Å². The van der Waals surface area contributed by atoms with E-state index in [0.717, 1.165) is 60.1 Å². The lowest BCUT2D eigenvalue weighted by atomic mass is 10.0. The minimum absolute atomic E-state index is 0.644. The summed E-state index contributed by atoms with van der Waals surface area (Å²) in [4.78, 5) is 7.27. The number of para-hydroxylation sites is 1. The van der Waals surface area contributed by atoms with Crippen LogP contribution in [-0.4, -0.2) is 43.8 Å². The summed E-state index contributed by atoms with van der Waals surface area (Å²) in [5, 5.41) is 1.21. The lowest BCUT2D eigenvalue weighted by Gasteiger charge is -2.20. The lowest BCUT2D eigenvalue weighted by molar-refractivity contribution is 0.225. The third-order valence-corrected chi connectivity index (χ3v) is 5.67. The molecule has 0 unspecified atom stereocenters. The van der Waals surface area contributed by atoms with Gasteiger partial charge in [-0.3, -0.25) is 4.90 Å². The molecule has 0 amide bonds. The van der Waals surface area contributed by atoms with E-state index in [4.69, 9.17) is 19.2 Å². The average Bonchev–Trinajstić information content (AvgIpc) is 2.94. The van der Waals surface area contributed by atoms with Crippen molar-refractivity contribution in [3.63, 3.8) is 0 Å². The molecule has 3 aromatic rings. The van der Waals surface area contributed by atoms with Crippen molar-refractivity contribution in [3.8, 4) is 17.4 Å². The summed E-state index contributed by atoms with van der Waals surface area (Å²) in [5.41, 5.74) is 5.78. The zero-order valence-corrected chi connectivity index (χ0v) is 17.6. The molecule has 0 N–H and O–H groups in total. The van der Waals surface area contributed by atoms with E-state index in [1.807, 2.05) is 12.1 Å². The standard InChI is InChI=1S/C24H28N2O3/c1-16-8-9-17(2)22-20(16)14-19-15-26(12-13-29-24(19)25-22)11-10-18-6-5-7-21(27-3)23(18)28-4/h5-9,14H,10-13,15H2,1-4H3. The molecule has 1 aliphatic heterocycles. The average molecular weight is 392 g/mol. The Kier molecular flexibility index (Phi) is 5.58. The Morgan fingerprint density at radius 3 is 2.69 bits per heavy atom. The van der Waals surface area contributed by atoms with Gasteiger partial charge in [0.1, 0.15) is 6.61 Å². The summed E-state index contributed by atoms with van der Waals surface area (Å²) in [6, 6.07) is 12.6. The first-order valence-corrected chi connectivity index (χ1v) is 10.1. The van der Waals surface area contributed by atoms with Crippen LogP contribution in [0.1, 0.15) is 22.3 Å². The van der Waals surface area contributed by atoms with Crippen LogP contribution < -0.4 is 14.2 Å². The van der Waals surface area contributed by atoms with Gasteiger partial charge >= 0.3 is 0 Å². The monoisotopic (exact) mass is 392 g/mol. The number of hydrogen-bond donors (Lipinski definition) is 0. The molecule has 0 saturated carbocycles. The highest BCUT2D eigenvalue weighted by molar-refractivity contribution is 5.86. The summed E-state index contributed by atoms with van der Waals surface area (Å²) in [6.45, 7) is 7.50. The zero-order valence-electron chi connectivity index (χ0n) is 17.6. The topological polar surface area (TPSA) is 43.8 Å². The first-order valence-electron chi connectivity index (χ1n) is 10.1. The van der Waals surface area contributed by atoms with Crippen molar-refractivity contribution in [2.45, 2.75) is 26.8 Å². The molecule has 0 saturated heterocycles. The van der Waals surface area contributed by atoms with Gasteiger partial charge in [0.05, 0.1) is 19.7 Å². The maximum Gasteiger partial charge on any atom is 0.218 e. The fourth-order valence-electron chi connectivity index (χ4n) is 4.01. The van der Waals surface area contributed by atoms with Gasteiger partial charge in [-0.05, 0) is 49.1 Å². The number of aryl methyl sites for hydroxylation is 2. The lowest BCUT2D eigenvalue weighted by Crippen LogP contribution is -2.28. The summed E-state index contributed by atoms with van der Waals surface area (Å²) >= 11 is 0. The molecule has 2 aromatic carbocycles. The smallest absolute Gasteiger partial charge is 0.218 e. The van der Waals surface area contributed by atoms with Crippen LogP contribution in [0.5, 0.6) is 17.4 Å². The number of benzene rings is 2. The van der Waals surface area contributed by atoms with E-state index in [2.05, 4.69) is 43.0 Å². The molecule has 1 aliphatic rings. The zero-order chi connectivity index (χ0) is 20.4. The molecule has 0 spiro atoms. The minimum Gasteiger partial charge on any atom is -0.493 e. The van der Waals surface area contributed by atoms with Gasteiger partial charge in [0.15, 0.2) is 11.5 Å². The number of fused-ring (bicyclic) bond motifs is 2. The second-order valence-corrected chi connectivity index (χ2v) is 7.58. The van der Waals surface area contributed by atoms with E-state index in [-0.39, 0.29) is 0 Å². The summed E-state index contributed by atoms with van der Waals surface area (Å²) in [6.07, 6.45) is 0.884. The van der Waals surface area contributed by atoms with Crippen LogP contribution in [0.25, 0.3) is 10.9 Å². The largest absolute Gasteiger partial charge is 0.493 e. The molecular formula is C24H28N2O3. The van der Waals surface area contributed by atoms with E-state index >= 15 is 0 Å². The van der Waals surface area contributed by atoms with Crippen LogP contribution >= 0.6 is 0 Å². The SMILES string of the molecule is COc1cccc(CCN2CCOc3nc4c(C)ccc(C)c4cc3C2)c1OC. The number of methoxy groups -OCH3 is 2. The van der Waals surface area contributed by atoms with Crippen molar-refractivity contribution in [2.24, 2.45) is 0 Å². The van der Waals surface area contributed by atoms with Crippen LogP contribution in [0.4, 0.5) is 0 Å². The molecule has 0 radical (unpaired) electrons. The molecule has 2 heterocycles. The Bertz CT molecular complexity index is 1030. The Balaban J connectivity index is 1.57. The van der Waals surface area contributed by atoms with Crippen molar-refractivity contribution < 1.29 is 14.2 Å². The van der Waals surface area contributed by atoms with Gasteiger partial charge in [-0.15, -0.1) is 0 Å². The molecule has 0 aliphatic carbocycles. The second-order valence-electron chi connectivity index (χ2n) is 7.58. The Morgan fingerprint density at radius 2 is 1.90 bits per heavy atom. The molecule has 4 rings (SSSR count). The molecule has 5 nitrogen and oxygen atoms in total. The van der Waals surface area contributed by atoms with Gasteiger partial charge in [-0.25, -0.2) is 4.98 Å². The highest BCUT2D eigenvalue weighted by Crippen LogP contribution is 2.32. The Labute approximate surface area is 172 Å². The quantitative estimate of drug-likeness (QED) is 0.647. The Morgan fingerprint density at radius 1 is 1.07 bits per heavy atom. The van der Waals surface area contributed by atoms with E-state index in [1.165, 1.54) is 16.5 Å². The highest BCUT2D eigenvalue weighted by atomic mass is 16.5. The van der Waals surface area contributed by atoms with Crippen LogP contribution in [0.15, 0.2) is 36.4 Å². The van der Waals surface area contributed by atoms with Gasteiger partial charge in [0.2, 0.25) is 5.88 Å². The predicted molar refractivity (Wildman–Crippen MR) is 115 cm³/mol. The predicted octanol–water partition coefficient (Wildman–Crippen LogP) is 4.31. The fraction of sp³-hybridized carbons (Fsp3) is 0.375. The molecule has 152 valence electrons. The summed E-state index contributed by atoms with van der Waals surface area (Å²) < 4.78 is 17.0. The number of hydrogen-bond acceptors (Lipinski definition) is 5. The third kappa shape index (κ3) is 3.87. The van der Waals surface area contributed by atoms with E-state index < -0.39 is 0 Å². The number of aromatic nitrogens is 1. The molecule has 5 heteroatoms. The number of rotatable bonds is 5. The maximum atomic E-state index is 6.02. The normalized spacial score (nSPS) is 14.2. The maximum absolute atomic E-state index is 6.02. The summed E-state index contributed by atoms with van der Waals surface area (Å²) in [5.74, 6) is 2.36. The van der Waals surface area contributed by atoms with Crippen LogP contribution in [-0.2, 0) is 13.0 Å². The highest BCUT2D eigenvalue weighted by Gasteiger charge is 2.19. The van der Waals surface area contributed by atoms with E-state index in [0.29, 0.717) is 6.61 Å². The van der Waals surface area contributed by atoms with E-state index in [9.17, 15) is 0 Å². The van der Waals surface area contributed by atoms with Crippen molar-refractivity contribution in [1.82, 2.24) is 9.88 Å². The summed E-state index contributed by atoms with van der Waals surface area (Å²) in [7, 11) is 3.37. The van der Waals surface area contributed by atoms with Gasteiger partial charge in [-0.2, -0.15) is 0 Å². The number of nitrogens with zero attached hydrogens (tertiary/aromatic N) is 2. The molecule has 0 bridgehead atoms. The van der Waals surface area contributed by atoms with Gasteiger partial charge in [-0.1, -0.05) is 24.3 Å². The van der Waals surface area contributed by atoms with Gasteiger partial charge in [0.25, 0.3) is 0 Å². The third-order valence-electron chi connectivity index (χ3n) is 5.67. The van der Waals surface area contributed by atoms with E-state index in [1.54, 1.807) is 14.2 Å². The van der Waals surface area contributed by atoms with Crippen LogP contribution in [0, 0.1) is 13.8 Å². The molecular weight excluding hydrogens is 364 g/mol. The number of pyridine rings is 1. The first-order chi connectivity index (χ1) is 14.1. The van der Waals surface area contributed by atoms with Crippen molar-refractivity contribution in [3.05, 3.63) is 58.7 Å². The van der Waals surface area contributed by atoms with Gasteiger partial charge < -0.3 is 14.2 Å². The molecule has 0 atom stereocenters. The Hall–Kier alpha value is -2.79.